The van der Waals surface area contributed by atoms with Gasteiger partial charge in [-0.25, -0.2) is 0 Å². The van der Waals surface area contributed by atoms with E-state index < -0.39 is 0 Å². The quantitative estimate of drug-likeness (QED) is 0.853. The van der Waals surface area contributed by atoms with E-state index in [0.29, 0.717) is 11.6 Å². The number of carbonyl (C=O) groups excluding carboxylic acids is 1. The summed E-state index contributed by atoms with van der Waals surface area (Å²) in [6.45, 7) is 2.06. The fourth-order valence-corrected chi connectivity index (χ4v) is 2.34. The standard InChI is InChI=1S/C14H21N3O/c1-2-10-7-11(9-16-8-10)14(18)17-13-5-3-12(15)4-6-13/h7-9,12-13H,2-6,15H2,1H3,(H,17,18)/t12-,13-. The summed E-state index contributed by atoms with van der Waals surface area (Å²) in [5.74, 6) is -0.0155. The van der Waals surface area contributed by atoms with Crippen LogP contribution in [-0.4, -0.2) is 23.0 Å². The van der Waals surface area contributed by atoms with E-state index in [4.69, 9.17) is 5.73 Å². The van der Waals surface area contributed by atoms with Crippen molar-refractivity contribution in [2.75, 3.05) is 0 Å². The molecule has 0 aliphatic heterocycles. The van der Waals surface area contributed by atoms with Gasteiger partial charge in [0.2, 0.25) is 0 Å². The van der Waals surface area contributed by atoms with Gasteiger partial charge in [0.1, 0.15) is 0 Å². The van der Waals surface area contributed by atoms with Crippen LogP contribution < -0.4 is 11.1 Å². The number of nitrogens with two attached hydrogens (primary N) is 1. The number of aryl methyl sites for hydroxylation is 1. The highest BCUT2D eigenvalue weighted by atomic mass is 16.1. The number of carbonyl (C=O) groups is 1. The van der Waals surface area contributed by atoms with Gasteiger partial charge in [-0.15, -0.1) is 0 Å². The average molecular weight is 247 g/mol. The Morgan fingerprint density at radius 1 is 1.39 bits per heavy atom. The third-order valence-electron chi connectivity index (χ3n) is 3.57. The maximum atomic E-state index is 12.1. The molecule has 18 heavy (non-hydrogen) atoms. The lowest BCUT2D eigenvalue weighted by Gasteiger charge is -2.26. The fourth-order valence-electron chi connectivity index (χ4n) is 2.34. The van der Waals surface area contributed by atoms with Gasteiger partial charge in [-0.3, -0.25) is 9.78 Å². The van der Waals surface area contributed by atoms with E-state index in [1.165, 1.54) is 0 Å². The minimum atomic E-state index is -0.0155. The van der Waals surface area contributed by atoms with Crippen LogP contribution in [0.15, 0.2) is 18.5 Å². The third-order valence-corrected chi connectivity index (χ3v) is 3.57. The van der Waals surface area contributed by atoms with Gasteiger partial charge in [-0.1, -0.05) is 6.92 Å². The van der Waals surface area contributed by atoms with Crippen molar-refractivity contribution in [3.63, 3.8) is 0 Å². The predicted octanol–water partition coefficient (Wildman–Crippen LogP) is 1.64. The number of amides is 1. The lowest BCUT2D eigenvalue weighted by atomic mass is 9.91. The molecule has 0 unspecified atom stereocenters. The smallest absolute Gasteiger partial charge is 0.253 e. The lowest BCUT2D eigenvalue weighted by Crippen LogP contribution is -2.40. The van der Waals surface area contributed by atoms with E-state index in [1.807, 2.05) is 6.07 Å². The second-order valence-electron chi connectivity index (χ2n) is 5.02. The van der Waals surface area contributed by atoms with E-state index in [2.05, 4.69) is 17.2 Å². The van der Waals surface area contributed by atoms with Crippen molar-refractivity contribution in [3.05, 3.63) is 29.6 Å². The molecule has 0 radical (unpaired) electrons. The number of hydrogen-bond acceptors (Lipinski definition) is 3. The van der Waals surface area contributed by atoms with Gasteiger partial charge in [0.15, 0.2) is 0 Å². The number of nitrogens with zero attached hydrogens (tertiary/aromatic N) is 1. The monoisotopic (exact) mass is 247 g/mol. The van der Waals surface area contributed by atoms with Crippen molar-refractivity contribution >= 4 is 5.91 Å². The molecule has 4 nitrogen and oxygen atoms in total. The number of aromatic nitrogens is 1. The SMILES string of the molecule is CCc1cncc(C(=O)N[C@H]2CC[C@H](N)CC2)c1. The molecule has 4 heteroatoms. The summed E-state index contributed by atoms with van der Waals surface area (Å²) in [5, 5.41) is 3.07. The molecule has 0 atom stereocenters. The summed E-state index contributed by atoms with van der Waals surface area (Å²) >= 11 is 0. The first-order chi connectivity index (χ1) is 8.69. The number of pyridine rings is 1. The van der Waals surface area contributed by atoms with E-state index in [0.717, 1.165) is 37.7 Å². The zero-order chi connectivity index (χ0) is 13.0. The van der Waals surface area contributed by atoms with Gasteiger partial charge in [-0.2, -0.15) is 0 Å². The molecule has 1 aromatic heterocycles. The van der Waals surface area contributed by atoms with Crippen molar-refractivity contribution in [1.29, 1.82) is 0 Å². The highest BCUT2D eigenvalue weighted by Crippen LogP contribution is 2.17. The summed E-state index contributed by atoms with van der Waals surface area (Å²) in [7, 11) is 0. The molecule has 0 bridgehead atoms. The fraction of sp³-hybridized carbons (Fsp3) is 0.571. The maximum Gasteiger partial charge on any atom is 0.253 e. The molecule has 1 heterocycles. The van der Waals surface area contributed by atoms with Crippen LogP contribution >= 0.6 is 0 Å². The zero-order valence-corrected chi connectivity index (χ0v) is 10.9. The Bertz CT molecular complexity index is 411. The molecule has 1 aromatic rings. The molecule has 1 aliphatic carbocycles. The van der Waals surface area contributed by atoms with Crippen LogP contribution in [0.4, 0.5) is 0 Å². The second-order valence-corrected chi connectivity index (χ2v) is 5.02. The van der Waals surface area contributed by atoms with Crippen LogP contribution in [-0.2, 0) is 6.42 Å². The maximum absolute atomic E-state index is 12.1. The van der Waals surface area contributed by atoms with Gasteiger partial charge in [0.05, 0.1) is 5.56 Å². The summed E-state index contributed by atoms with van der Waals surface area (Å²) < 4.78 is 0. The minimum Gasteiger partial charge on any atom is -0.349 e. The van der Waals surface area contributed by atoms with Crippen molar-refractivity contribution < 1.29 is 4.79 Å². The van der Waals surface area contributed by atoms with E-state index in [9.17, 15) is 4.79 Å². The topological polar surface area (TPSA) is 68.0 Å². The molecule has 98 valence electrons. The molecule has 1 aliphatic rings. The summed E-state index contributed by atoms with van der Waals surface area (Å²) in [4.78, 5) is 16.2. The van der Waals surface area contributed by atoms with Crippen LogP contribution in [0.5, 0.6) is 0 Å². The molecular formula is C14H21N3O. The normalized spacial score (nSPS) is 23.7. The largest absolute Gasteiger partial charge is 0.349 e. The Hall–Kier alpha value is -1.42. The van der Waals surface area contributed by atoms with Gasteiger partial charge in [-0.05, 0) is 43.7 Å². The van der Waals surface area contributed by atoms with Crippen molar-refractivity contribution in [2.45, 2.75) is 51.1 Å². The van der Waals surface area contributed by atoms with Crippen molar-refractivity contribution in [2.24, 2.45) is 5.73 Å². The van der Waals surface area contributed by atoms with E-state index in [-0.39, 0.29) is 11.9 Å². The first-order valence-electron chi connectivity index (χ1n) is 6.69. The Morgan fingerprint density at radius 3 is 2.78 bits per heavy atom. The summed E-state index contributed by atoms with van der Waals surface area (Å²) in [6.07, 6.45) is 8.28. The van der Waals surface area contributed by atoms with E-state index >= 15 is 0 Å². The first kappa shape index (κ1) is 13.0. The Balaban J connectivity index is 1.94. The third kappa shape index (κ3) is 3.29. The van der Waals surface area contributed by atoms with E-state index in [1.54, 1.807) is 12.4 Å². The molecule has 1 amide bonds. The lowest BCUT2D eigenvalue weighted by molar-refractivity contribution is 0.0925. The van der Waals surface area contributed by atoms with Crippen LogP contribution in [0, 0.1) is 0 Å². The number of hydrogen-bond donors (Lipinski definition) is 2. The highest BCUT2D eigenvalue weighted by molar-refractivity contribution is 5.94. The molecule has 1 saturated carbocycles. The van der Waals surface area contributed by atoms with Gasteiger partial charge >= 0.3 is 0 Å². The molecule has 3 N–H and O–H groups in total. The van der Waals surface area contributed by atoms with Crippen LogP contribution in [0.3, 0.4) is 0 Å². The Morgan fingerprint density at radius 2 is 2.11 bits per heavy atom. The van der Waals surface area contributed by atoms with Crippen LogP contribution in [0.25, 0.3) is 0 Å². The van der Waals surface area contributed by atoms with Crippen molar-refractivity contribution in [1.82, 2.24) is 10.3 Å². The van der Waals surface area contributed by atoms with Crippen LogP contribution in [0.1, 0.15) is 48.5 Å². The first-order valence-corrected chi connectivity index (χ1v) is 6.69. The van der Waals surface area contributed by atoms with Crippen LogP contribution in [0.2, 0.25) is 0 Å². The summed E-state index contributed by atoms with van der Waals surface area (Å²) in [5.41, 5.74) is 7.60. The Labute approximate surface area is 108 Å². The second kappa shape index (κ2) is 5.96. The molecule has 2 rings (SSSR count). The highest BCUT2D eigenvalue weighted by Gasteiger charge is 2.20. The Kier molecular flexibility index (Phi) is 4.31. The number of rotatable bonds is 3. The van der Waals surface area contributed by atoms with Gasteiger partial charge < -0.3 is 11.1 Å². The van der Waals surface area contributed by atoms with Gasteiger partial charge in [0.25, 0.3) is 5.91 Å². The molecule has 0 spiro atoms. The predicted molar refractivity (Wildman–Crippen MR) is 71.3 cm³/mol. The zero-order valence-electron chi connectivity index (χ0n) is 10.9. The molecule has 0 aromatic carbocycles. The average Bonchev–Trinajstić information content (AvgIpc) is 2.41. The molecule has 1 fully saturated rings. The van der Waals surface area contributed by atoms with Gasteiger partial charge in [0, 0.05) is 24.5 Å². The summed E-state index contributed by atoms with van der Waals surface area (Å²) in [6, 6.07) is 2.49. The number of nitrogens with one attached hydrogen (secondary N) is 1. The minimum absolute atomic E-state index is 0.0155. The molecular weight excluding hydrogens is 226 g/mol. The molecule has 0 saturated heterocycles. The van der Waals surface area contributed by atoms with Crippen molar-refractivity contribution in [3.8, 4) is 0 Å².